The Kier molecular flexibility index (Phi) is 7.25. The first-order valence-electron chi connectivity index (χ1n) is 8.43. The zero-order valence-electron chi connectivity index (χ0n) is 15.6. The summed E-state index contributed by atoms with van der Waals surface area (Å²) in [6.07, 6.45) is 3.29. The lowest BCUT2D eigenvalue weighted by molar-refractivity contribution is -0.116. The summed E-state index contributed by atoms with van der Waals surface area (Å²) in [5, 5.41) is 3.64. The Balaban J connectivity index is 2.05. The second-order valence-electron chi connectivity index (χ2n) is 6.32. The molecule has 0 heterocycles. The van der Waals surface area contributed by atoms with E-state index in [0.29, 0.717) is 11.6 Å². The van der Waals surface area contributed by atoms with Crippen LogP contribution in [0.2, 0.25) is 5.02 Å². The molecule has 138 valence electrons. The highest BCUT2D eigenvalue weighted by Gasteiger charge is 2.17. The lowest BCUT2D eigenvalue weighted by atomic mass is 10.1. The van der Waals surface area contributed by atoms with E-state index in [9.17, 15) is 4.79 Å². The molecule has 2 rings (SSSR count). The van der Waals surface area contributed by atoms with Gasteiger partial charge in [0.1, 0.15) is 5.75 Å². The molecule has 2 aromatic carbocycles. The van der Waals surface area contributed by atoms with Crippen molar-refractivity contribution in [2.75, 3.05) is 27.7 Å². The van der Waals surface area contributed by atoms with E-state index in [4.69, 9.17) is 16.3 Å². The minimum atomic E-state index is -0.160. The molecule has 0 aliphatic rings. The molecule has 1 atom stereocenters. The third-order valence-corrected chi connectivity index (χ3v) is 4.50. The molecule has 0 aliphatic heterocycles. The normalized spacial score (nSPS) is 12.4. The number of benzene rings is 2. The van der Waals surface area contributed by atoms with Gasteiger partial charge in [-0.15, -0.1) is 0 Å². The number of hydrogen-bond donors (Lipinski definition) is 1. The van der Waals surface area contributed by atoms with Crippen LogP contribution in [0.3, 0.4) is 0 Å². The van der Waals surface area contributed by atoms with Crippen molar-refractivity contribution in [1.29, 1.82) is 0 Å². The van der Waals surface area contributed by atoms with Crippen molar-refractivity contribution in [3.05, 3.63) is 70.3 Å². The van der Waals surface area contributed by atoms with Gasteiger partial charge in [0.2, 0.25) is 5.91 Å². The largest absolute Gasteiger partial charge is 0.496 e. The standard InChI is InChI=1S/C21H25ClN2O2/c1-15-9-11-20(26-4)16(13-15)10-12-21(25)23-14-19(24(2)3)17-7-5-6-8-18(17)22/h5-13,19H,14H2,1-4H3,(H,23,25)/b12-10+/t19-/m0/s1. The van der Waals surface area contributed by atoms with Crippen LogP contribution in [0.1, 0.15) is 22.7 Å². The average Bonchev–Trinajstić information content (AvgIpc) is 2.61. The van der Waals surface area contributed by atoms with Crippen molar-refractivity contribution in [3.63, 3.8) is 0 Å². The Hall–Kier alpha value is -2.30. The first-order chi connectivity index (χ1) is 12.4. The lowest BCUT2D eigenvalue weighted by Crippen LogP contribution is -2.33. The molecule has 0 bridgehead atoms. The van der Waals surface area contributed by atoms with Crippen LogP contribution in [-0.4, -0.2) is 38.6 Å². The maximum atomic E-state index is 12.3. The maximum Gasteiger partial charge on any atom is 0.244 e. The molecule has 0 aliphatic carbocycles. The van der Waals surface area contributed by atoms with E-state index in [1.807, 2.05) is 68.4 Å². The molecule has 26 heavy (non-hydrogen) atoms. The summed E-state index contributed by atoms with van der Waals surface area (Å²) in [6, 6.07) is 13.5. The van der Waals surface area contributed by atoms with Crippen molar-refractivity contribution in [1.82, 2.24) is 10.2 Å². The van der Waals surface area contributed by atoms with E-state index in [-0.39, 0.29) is 11.9 Å². The first-order valence-corrected chi connectivity index (χ1v) is 8.81. The Bertz CT molecular complexity index is 787. The Morgan fingerprint density at radius 2 is 2.00 bits per heavy atom. The Labute approximate surface area is 160 Å². The van der Waals surface area contributed by atoms with Crippen LogP contribution >= 0.6 is 11.6 Å². The molecule has 4 nitrogen and oxygen atoms in total. The quantitative estimate of drug-likeness (QED) is 0.744. The number of halogens is 1. The van der Waals surface area contributed by atoms with Crippen molar-refractivity contribution in [2.24, 2.45) is 0 Å². The SMILES string of the molecule is COc1ccc(C)cc1/C=C/C(=O)NC[C@@H](c1ccccc1Cl)N(C)C. The molecule has 1 amide bonds. The van der Waals surface area contributed by atoms with Gasteiger partial charge in [0, 0.05) is 23.2 Å². The summed E-state index contributed by atoms with van der Waals surface area (Å²) in [6.45, 7) is 2.47. The highest BCUT2D eigenvalue weighted by molar-refractivity contribution is 6.31. The fraction of sp³-hybridized carbons (Fsp3) is 0.286. The van der Waals surface area contributed by atoms with E-state index in [0.717, 1.165) is 22.4 Å². The van der Waals surface area contributed by atoms with Crippen molar-refractivity contribution < 1.29 is 9.53 Å². The van der Waals surface area contributed by atoms with Crippen molar-refractivity contribution in [3.8, 4) is 5.75 Å². The van der Waals surface area contributed by atoms with Gasteiger partial charge in [0.15, 0.2) is 0 Å². The highest BCUT2D eigenvalue weighted by Crippen LogP contribution is 2.25. The third-order valence-electron chi connectivity index (χ3n) is 4.16. The lowest BCUT2D eigenvalue weighted by Gasteiger charge is -2.25. The minimum absolute atomic E-state index is 0.00504. The summed E-state index contributed by atoms with van der Waals surface area (Å²) in [5.74, 6) is 0.578. The van der Waals surface area contributed by atoms with Gasteiger partial charge in [0.25, 0.3) is 0 Å². The van der Waals surface area contributed by atoms with Crippen LogP contribution in [0.5, 0.6) is 5.75 Å². The van der Waals surface area contributed by atoms with Gasteiger partial charge in [-0.25, -0.2) is 0 Å². The Morgan fingerprint density at radius 3 is 2.65 bits per heavy atom. The summed E-state index contributed by atoms with van der Waals surface area (Å²) < 4.78 is 5.33. The number of nitrogens with zero attached hydrogens (tertiary/aromatic N) is 1. The van der Waals surface area contributed by atoms with Crippen LogP contribution in [0.15, 0.2) is 48.5 Å². The second-order valence-corrected chi connectivity index (χ2v) is 6.73. The molecule has 0 fully saturated rings. The summed E-state index contributed by atoms with van der Waals surface area (Å²) in [4.78, 5) is 14.3. The van der Waals surface area contributed by atoms with E-state index in [1.54, 1.807) is 13.2 Å². The summed E-state index contributed by atoms with van der Waals surface area (Å²) in [5.41, 5.74) is 2.97. The number of methoxy groups -OCH3 is 1. The van der Waals surface area contributed by atoms with Gasteiger partial charge in [-0.3, -0.25) is 4.79 Å². The molecule has 1 N–H and O–H groups in total. The Morgan fingerprint density at radius 1 is 1.27 bits per heavy atom. The molecule has 0 saturated carbocycles. The number of carbonyl (C=O) groups excluding carboxylic acids is 1. The number of ether oxygens (including phenoxy) is 1. The fourth-order valence-electron chi connectivity index (χ4n) is 2.72. The van der Waals surface area contributed by atoms with Gasteiger partial charge in [-0.1, -0.05) is 41.4 Å². The number of carbonyl (C=O) groups is 1. The number of nitrogens with one attached hydrogen (secondary N) is 1. The predicted octanol–water partition coefficient (Wildman–Crippen LogP) is 4.09. The number of rotatable bonds is 7. The van der Waals surface area contributed by atoms with Crippen LogP contribution in [0.4, 0.5) is 0 Å². The third kappa shape index (κ3) is 5.35. The van der Waals surface area contributed by atoms with Crippen LogP contribution < -0.4 is 10.1 Å². The zero-order chi connectivity index (χ0) is 19.1. The molecule has 5 heteroatoms. The smallest absolute Gasteiger partial charge is 0.244 e. The van der Waals surface area contributed by atoms with Crippen molar-refractivity contribution >= 4 is 23.6 Å². The van der Waals surface area contributed by atoms with Gasteiger partial charge in [0.05, 0.1) is 13.2 Å². The average molecular weight is 373 g/mol. The van der Waals surface area contributed by atoms with E-state index in [2.05, 4.69) is 5.32 Å². The molecule has 0 spiro atoms. The number of likely N-dealkylation sites (N-methyl/N-ethyl adjacent to an activating group) is 1. The molecule has 0 aromatic heterocycles. The molecule has 2 aromatic rings. The molecule has 0 unspecified atom stereocenters. The van der Waals surface area contributed by atoms with Gasteiger partial charge >= 0.3 is 0 Å². The fourth-order valence-corrected chi connectivity index (χ4v) is 2.98. The number of amides is 1. The zero-order valence-corrected chi connectivity index (χ0v) is 16.4. The molecular weight excluding hydrogens is 348 g/mol. The van der Waals surface area contributed by atoms with Crippen LogP contribution in [0, 0.1) is 6.92 Å². The van der Waals surface area contributed by atoms with Gasteiger partial charge < -0.3 is 15.0 Å². The predicted molar refractivity (Wildman–Crippen MR) is 108 cm³/mol. The molecular formula is C21H25ClN2O2. The summed E-state index contributed by atoms with van der Waals surface area (Å²) in [7, 11) is 5.55. The molecule has 0 saturated heterocycles. The van der Waals surface area contributed by atoms with Crippen LogP contribution in [-0.2, 0) is 4.79 Å². The van der Waals surface area contributed by atoms with E-state index < -0.39 is 0 Å². The van der Waals surface area contributed by atoms with Crippen LogP contribution in [0.25, 0.3) is 6.08 Å². The number of aryl methyl sites for hydroxylation is 1. The minimum Gasteiger partial charge on any atom is -0.496 e. The summed E-state index contributed by atoms with van der Waals surface area (Å²) >= 11 is 6.30. The molecule has 0 radical (unpaired) electrons. The second kappa shape index (κ2) is 9.41. The van der Waals surface area contributed by atoms with Gasteiger partial charge in [-0.2, -0.15) is 0 Å². The van der Waals surface area contributed by atoms with Gasteiger partial charge in [-0.05, 0) is 50.9 Å². The number of hydrogen-bond acceptors (Lipinski definition) is 3. The van der Waals surface area contributed by atoms with E-state index >= 15 is 0 Å². The monoisotopic (exact) mass is 372 g/mol. The van der Waals surface area contributed by atoms with E-state index in [1.165, 1.54) is 6.08 Å². The topological polar surface area (TPSA) is 41.6 Å². The highest BCUT2D eigenvalue weighted by atomic mass is 35.5. The maximum absolute atomic E-state index is 12.3. The van der Waals surface area contributed by atoms with Crippen molar-refractivity contribution in [2.45, 2.75) is 13.0 Å². The first kappa shape index (κ1) is 20.0.